The van der Waals surface area contributed by atoms with Crippen LogP contribution in [0.2, 0.25) is 0 Å². The number of hydrogen-bond acceptors (Lipinski definition) is 2. The van der Waals surface area contributed by atoms with E-state index < -0.39 is 0 Å². The zero-order valence-electron chi connectivity index (χ0n) is 10.1. The molecule has 0 amide bonds. The number of hydrogen-bond donors (Lipinski definition) is 1. The van der Waals surface area contributed by atoms with Crippen LogP contribution in [0.3, 0.4) is 0 Å². The first kappa shape index (κ1) is 12.8. The fraction of sp³-hybridized carbons (Fsp3) is 0.286. The lowest BCUT2D eigenvalue weighted by atomic mass is 10.0. The van der Waals surface area contributed by atoms with Crippen LogP contribution < -0.4 is 5.32 Å². The largest absolute Gasteiger partial charge is 0.313 e. The summed E-state index contributed by atoms with van der Waals surface area (Å²) in [5, 5.41) is 7.69. The highest BCUT2D eigenvalue weighted by Crippen LogP contribution is 2.34. The van der Waals surface area contributed by atoms with Crippen LogP contribution >= 0.6 is 27.3 Å². The molecule has 1 aromatic carbocycles. The summed E-state index contributed by atoms with van der Waals surface area (Å²) in [5.74, 6) is 0. The number of halogens is 1. The Balaban J connectivity index is 2.36. The second-order valence-corrected chi connectivity index (χ2v) is 5.66. The van der Waals surface area contributed by atoms with E-state index in [2.05, 4.69) is 64.1 Å². The standard InChI is InChI=1S/C14H16BrNS/c1-3-16-7-11-5-4-10(2)12(6-11)13-8-17-9-14(13)15/h4-6,8-9,16H,3,7H2,1-2H3. The van der Waals surface area contributed by atoms with Gasteiger partial charge in [0.25, 0.3) is 0 Å². The van der Waals surface area contributed by atoms with Gasteiger partial charge in [-0.1, -0.05) is 19.1 Å². The van der Waals surface area contributed by atoms with E-state index in [0.717, 1.165) is 13.1 Å². The Morgan fingerprint density at radius 1 is 1.24 bits per heavy atom. The summed E-state index contributed by atoms with van der Waals surface area (Å²) in [7, 11) is 0. The molecule has 0 spiro atoms. The van der Waals surface area contributed by atoms with Crippen molar-refractivity contribution in [3.05, 3.63) is 44.6 Å². The van der Waals surface area contributed by atoms with Crippen molar-refractivity contribution in [2.45, 2.75) is 20.4 Å². The van der Waals surface area contributed by atoms with Crippen molar-refractivity contribution in [1.29, 1.82) is 0 Å². The highest BCUT2D eigenvalue weighted by atomic mass is 79.9. The molecule has 3 heteroatoms. The van der Waals surface area contributed by atoms with E-state index in [4.69, 9.17) is 0 Å². The summed E-state index contributed by atoms with van der Waals surface area (Å²) in [6.45, 7) is 6.23. The van der Waals surface area contributed by atoms with Gasteiger partial charge in [0.2, 0.25) is 0 Å². The molecular formula is C14H16BrNS. The van der Waals surface area contributed by atoms with E-state index in [0.29, 0.717) is 0 Å². The Bertz CT molecular complexity index is 505. The fourth-order valence-electron chi connectivity index (χ4n) is 1.81. The van der Waals surface area contributed by atoms with E-state index in [1.165, 1.54) is 26.7 Å². The Labute approximate surface area is 115 Å². The minimum atomic E-state index is 0.936. The van der Waals surface area contributed by atoms with Gasteiger partial charge in [-0.25, -0.2) is 0 Å². The quantitative estimate of drug-likeness (QED) is 0.870. The Morgan fingerprint density at radius 3 is 2.71 bits per heavy atom. The van der Waals surface area contributed by atoms with Gasteiger partial charge in [0.1, 0.15) is 0 Å². The van der Waals surface area contributed by atoms with Gasteiger partial charge < -0.3 is 5.32 Å². The monoisotopic (exact) mass is 309 g/mol. The van der Waals surface area contributed by atoms with E-state index in [-0.39, 0.29) is 0 Å². The molecule has 2 aromatic rings. The Hall–Kier alpha value is -0.640. The van der Waals surface area contributed by atoms with Crippen LogP contribution in [0.25, 0.3) is 11.1 Å². The van der Waals surface area contributed by atoms with Crippen LogP contribution in [-0.2, 0) is 6.54 Å². The molecule has 17 heavy (non-hydrogen) atoms. The summed E-state index contributed by atoms with van der Waals surface area (Å²) >= 11 is 5.34. The van der Waals surface area contributed by atoms with Crippen molar-refractivity contribution in [2.24, 2.45) is 0 Å². The normalized spacial score (nSPS) is 10.8. The first-order valence-electron chi connectivity index (χ1n) is 5.74. The van der Waals surface area contributed by atoms with Gasteiger partial charge >= 0.3 is 0 Å². The van der Waals surface area contributed by atoms with Gasteiger partial charge in [-0.2, -0.15) is 11.3 Å². The first-order chi connectivity index (χ1) is 8.22. The predicted octanol–water partition coefficient (Wildman–Crippen LogP) is 4.60. The van der Waals surface area contributed by atoms with E-state index in [9.17, 15) is 0 Å². The summed E-state index contributed by atoms with van der Waals surface area (Å²) in [4.78, 5) is 0. The minimum Gasteiger partial charge on any atom is -0.313 e. The molecule has 0 saturated heterocycles. The maximum absolute atomic E-state index is 3.61. The Kier molecular flexibility index (Phi) is 4.37. The second kappa shape index (κ2) is 5.80. The average molecular weight is 310 g/mol. The van der Waals surface area contributed by atoms with Crippen LogP contribution in [0, 0.1) is 6.92 Å². The van der Waals surface area contributed by atoms with Crippen LogP contribution in [0.15, 0.2) is 33.4 Å². The third-order valence-corrected chi connectivity index (χ3v) is 4.49. The van der Waals surface area contributed by atoms with Crippen LogP contribution in [-0.4, -0.2) is 6.54 Å². The Morgan fingerprint density at radius 2 is 2.06 bits per heavy atom. The molecule has 0 unspecified atom stereocenters. The zero-order chi connectivity index (χ0) is 12.3. The highest BCUT2D eigenvalue weighted by molar-refractivity contribution is 9.10. The molecular weight excluding hydrogens is 294 g/mol. The maximum atomic E-state index is 3.61. The summed E-state index contributed by atoms with van der Waals surface area (Å²) in [5.41, 5.74) is 5.29. The molecule has 90 valence electrons. The fourth-order valence-corrected chi connectivity index (χ4v) is 3.32. The number of rotatable bonds is 4. The van der Waals surface area contributed by atoms with Crippen LogP contribution in [0.4, 0.5) is 0 Å². The molecule has 0 saturated carbocycles. The number of aryl methyl sites for hydroxylation is 1. The SMILES string of the molecule is CCNCc1ccc(C)c(-c2cscc2Br)c1. The molecule has 0 radical (unpaired) electrons. The second-order valence-electron chi connectivity index (χ2n) is 4.06. The molecule has 0 aliphatic carbocycles. The van der Waals surface area contributed by atoms with Crippen LogP contribution in [0.1, 0.15) is 18.1 Å². The van der Waals surface area contributed by atoms with Gasteiger partial charge in [0.05, 0.1) is 0 Å². The molecule has 1 aromatic heterocycles. The van der Waals surface area contributed by atoms with Gasteiger partial charge in [-0.3, -0.25) is 0 Å². The third kappa shape index (κ3) is 2.97. The minimum absolute atomic E-state index is 0.936. The lowest BCUT2D eigenvalue weighted by Crippen LogP contribution is -2.11. The van der Waals surface area contributed by atoms with E-state index in [1.54, 1.807) is 11.3 Å². The lowest BCUT2D eigenvalue weighted by Gasteiger charge is -2.09. The highest BCUT2D eigenvalue weighted by Gasteiger charge is 2.07. The van der Waals surface area contributed by atoms with Crippen molar-refractivity contribution in [3.63, 3.8) is 0 Å². The topological polar surface area (TPSA) is 12.0 Å². The molecule has 2 rings (SSSR count). The summed E-state index contributed by atoms with van der Waals surface area (Å²) < 4.78 is 1.19. The lowest BCUT2D eigenvalue weighted by molar-refractivity contribution is 0.727. The number of nitrogens with one attached hydrogen (secondary N) is 1. The molecule has 0 atom stereocenters. The van der Waals surface area contributed by atoms with Gasteiger partial charge in [-0.15, -0.1) is 0 Å². The summed E-state index contributed by atoms with van der Waals surface area (Å²) in [6, 6.07) is 6.68. The van der Waals surface area contributed by atoms with Crippen molar-refractivity contribution in [2.75, 3.05) is 6.54 Å². The number of thiophene rings is 1. The third-order valence-electron chi connectivity index (χ3n) is 2.79. The number of benzene rings is 1. The average Bonchev–Trinajstić information content (AvgIpc) is 2.74. The molecule has 0 bridgehead atoms. The van der Waals surface area contributed by atoms with Crippen LogP contribution in [0.5, 0.6) is 0 Å². The van der Waals surface area contributed by atoms with Crippen molar-refractivity contribution >= 4 is 27.3 Å². The van der Waals surface area contributed by atoms with E-state index >= 15 is 0 Å². The molecule has 1 N–H and O–H groups in total. The van der Waals surface area contributed by atoms with Crippen molar-refractivity contribution in [1.82, 2.24) is 5.32 Å². The molecule has 1 nitrogen and oxygen atoms in total. The van der Waals surface area contributed by atoms with Crippen molar-refractivity contribution < 1.29 is 0 Å². The van der Waals surface area contributed by atoms with Gasteiger partial charge in [0, 0.05) is 22.0 Å². The van der Waals surface area contributed by atoms with Gasteiger partial charge in [-0.05, 0) is 57.5 Å². The maximum Gasteiger partial charge on any atom is 0.0360 e. The van der Waals surface area contributed by atoms with Gasteiger partial charge in [0.15, 0.2) is 0 Å². The first-order valence-corrected chi connectivity index (χ1v) is 7.48. The predicted molar refractivity (Wildman–Crippen MR) is 79.6 cm³/mol. The smallest absolute Gasteiger partial charge is 0.0360 e. The van der Waals surface area contributed by atoms with E-state index in [1.807, 2.05) is 0 Å². The molecule has 0 fully saturated rings. The zero-order valence-corrected chi connectivity index (χ0v) is 12.5. The molecule has 0 aliphatic rings. The van der Waals surface area contributed by atoms with Crippen molar-refractivity contribution in [3.8, 4) is 11.1 Å². The molecule has 1 heterocycles. The summed E-state index contributed by atoms with van der Waals surface area (Å²) in [6.07, 6.45) is 0. The molecule has 0 aliphatic heterocycles.